The van der Waals surface area contributed by atoms with E-state index >= 15 is 0 Å². The molecule has 0 bridgehead atoms. The lowest BCUT2D eigenvalue weighted by Crippen LogP contribution is -2.52. The van der Waals surface area contributed by atoms with E-state index < -0.39 is 0 Å². The summed E-state index contributed by atoms with van der Waals surface area (Å²) in [6.07, 6.45) is 4.11. The Kier molecular flexibility index (Phi) is 5.99. The van der Waals surface area contributed by atoms with Gasteiger partial charge in [0.2, 0.25) is 6.79 Å². The summed E-state index contributed by atoms with van der Waals surface area (Å²) in [5, 5.41) is 0. The molecule has 7 nitrogen and oxygen atoms in total. The lowest BCUT2D eigenvalue weighted by Gasteiger charge is -2.38. The van der Waals surface area contributed by atoms with E-state index in [0.29, 0.717) is 48.9 Å². The predicted molar refractivity (Wildman–Crippen MR) is 118 cm³/mol. The fourth-order valence-corrected chi connectivity index (χ4v) is 4.81. The van der Waals surface area contributed by atoms with Crippen molar-refractivity contribution in [2.24, 2.45) is 0 Å². The highest BCUT2D eigenvalue weighted by Crippen LogP contribution is 2.33. The molecule has 1 unspecified atom stereocenters. The van der Waals surface area contributed by atoms with Gasteiger partial charge in [0.15, 0.2) is 11.5 Å². The molecule has 1 aliphatic carbocycles. The third-order valence-corrected chi connectivity index (χ3v) is 6.49. The summed E-state index contributed by atoms with van der Waals surface area (Å²) in [7, 11) is 0. The molecule has 1 saturated heterocycles. The van der Waals surface area contributed by atoms with Crippen molar-refractivity contribution in [1.82, 2.24) is 9.80 Å². The van der Waals surface area contributed by atoms with Gasteiger partial charge in [0.05, 0.1) is 12.7 Å². The second-order valence-electron chi connectivity index (χ2n) is 8.57. The number of ether oxygens (including phenoxy) is 3. The molecule has 2 heterocycles. The van der Waals surface area contributed by atoms with Crippen molar-refractivity contribution in [3.8, 4) is 11.5 Å². The highest BCUT2D eigenvalue weighted by molar-refractivity contribution is 5.95. The second-order valence-corrected chi connectivity index (χ2v) is 8.57. The van der Waals surface area contributed by atoms with Crippen LogP contribution in [0.25, 0.3) is 0 Å². The molecule has 2 fully saturated rings. The monoisotopic (exact) mass is 436 g/mol. The smallest absolute Gasteiger partial charge is 0.254 e. The molecule has 2 aromatic carbocycles. The summed E-state index contributed by atoms with van der Waals surface area (Å²) in [6, 6.07) is 14.9. The van der Waals surface area contributed by atoms with Gasteiger partial charge in [-0.2, -0.15) is 0 Å². The maximum atomic E-state index is 13.3. The minimum absolute atomic E-state index is 0.0420. The zero-order valence-corrected chi connectivity index (χ0v) is 18.1. The molecule has 1 atom stereocenters. The Bertz CT molecular complexity index is 974. The van der Waals surface area contributed by atoms with Crippen LogP contribution in [0.3, 0.4) is 0 Å². The van der Waals surface area contributed by atoms with Crippen LogP contribution in [0, 0.1) is 0 Å². The van der Waals surface area contributed by atoms with Crippen molar-refractivity contribution in [2.45, 2.75) is 37.8 Å². The van der Waals surface area contributed by atoms with Gasteiger partial charge in [0.1, 0.15) is 0 Å². The van der Waals surface area contributed by atoms with Gasteiger partial charge in [-0.15, -0.1) is 0 Å². The number of hydrogen-bond acceptors (Lipinski definition) is 5. The molecule has 7 heteroatoms. The minimum atomic E-state index is -0.213. The van der Waals surface area contributed by atoms with E-state index in [1.165, 1.54) is 0 Å². The molecule has 0 spiro atoms. The quantitative estimate of drug-likeness (QED) is 0.719. The number of carbonyl (C=O) groups excluding carboxylic acids is 2. The zero-order chi connectivity index (χ0) is 21.9. The number of hydrogen-bond donors (Lipinski definition) is 0. The third-order valence-electron chi connectivity index (χ3n) is 6.49. The molecule has 0 N–H and O–H groups in total. The summed E-state index contributed by atoms with van der Waals surface area (Å²) in [4.78, 5) is 30.2. The van der Waals surface area contributed by atoms with Gasteiger partial charge in [-0.05, 0) is 43.2 Å². The first-order chi connectivity index (χ1) is 15.7. The molecule has 1 saturated carbocycles. The normalized spacial score (nSPS) is 20.4. The molecular weight excluding hydrogens is 408 g/mol. The molecule has 0 radical (unpaired) electrons. The van der Waals surface area contributed by atoms with Crippen LogP contribution in [0.15, 0.2) is 48.5 Å². The number of carbonyl (C=O) groups is 2. The number of nitrogens with zero attached hydrogens (tertiary/aromatic N) is 2. The Labute approximate surface area is 187 Å². The van der Waals surface area contributed by atoms with Crippen molar-refractivity contribution in [1.29, 1.82) is 0 Å². The maximum absolute atomic E-state index is 13.3. The Morgan fingerprint density at radius 3 is 2.56 bits per heavy atom. The molecule has 168 valence electrons. The van der Waals surface area contributed by atoms with E-state index in [0.717, 1.165) is 25.7 Å². The van der Waals surface area contributed by atoms with Crippen molar-refractivity contribution in [3.05, 3.63) is 59.7 Å². The van der Waals surface area contributed by atoms with Crippen molar-refractivity contribution in [3.63, 3.8) is 0 Å². The SMILES string of the molecule is O=C(c1ccc2c(c1)OCO2)N1CCOC(CN(C(=O)c2ccccc2)C2CCCC2)C1. The van der Waals surface area contributed by atoms with Gasteiger partial charge < -0.3 is 24.0 Å². The molecule has 2 amide bonds. The van der Waals surface area contributed by atoms with Crippen LogP contribution in [0.2, 0.25) is 0 Å². The number of fused-ring (bicyclic) bond motifs is 1. The van der Waals surface area contributed by atoms with Crippen LogP contribution in [-0.4, -0.2) is 66.8 Å². The van der Waals surface area contributed by atoms with Gasteiger partial charge in [0.25, 0.3) is 11.8 Å². The van der Waals surface area contributed by atoms with Gasteiger partial charge in [-0.3, -0.25) is 9.59 Å². The van der Waals surface area contributed by atoms with Gasteiger partial charge >= 0.3 is 0 Å². The Balaban J connectivity index is 1.29. The van der Waals surface area contributed by atoms with Crippen LogP contribution >= 0.6 is 0 Å². The molecule has 2 aliphatic heterocycles. The third kappa shape index (κ3) is 4.30. The second kappa shape index (κ2) is 9.20. The fraction of sp³-hybridized carbons (Fsp3) is 0.440. The van der Waals surface area contributed by atoms with E-state index in [2.05, 4.69) is 0 Å². The summed E-state index contributed by atoms with van der Waals surface area (Å²) < 4.78 is 16.8. The zero-order valence-electron chi connectivity index (χ0n) is 18.1. The molecule has 0 aromatic heterocycles. The van der Waals surface area contributed by atoms with E-state index in [1.807, 2.05) is 40.1 Å². The lowest BCUT2D eigenvalue weighted by atomic mass is 10.1. The molecule has 32 heavy (non-hydrogen) atoms. The summed E-state index contributed by atoms with van der Waals surface area (Å²) in [5.41, 5.74) is 1.27. The van der Waals surface area contributed by atoms with Crippen molar-refractivity contribution < 1.29 is 23.8 Å². The van der Waals surface area contributed by atoms with Crippen LogP contribution in [0.4, 0.5) is 0 Å². The maximum Gasteiger partial charge on any atom is 0.254 e. The Morgan fingerprint density at radius 1 is 0.969 bits per heavy atom. The van der Waals surface area contributed by atoms with E-state index in [1.54, 1.807) is 18.2 Å². The van der Waals surface area contributed by atoms with Gasteiger partial charge in [-0.25, -0.2) is 0 Å². The van der Waals surface area contributed by atoms with Gasteiger partial charge in [-0.1, -0.05) is 31.0 Å². The number of amides is 2. The van der Waals surface area contributed by atoms with E-state index in [-0.39, 0.29) is 30.8 Å². The van der Waals surface area contributed by atoms with Crippen LogP contribution < -0.4 is 9.47 Å². The molecule has 2 aromatic rings. The summed E-state index contributed by atoms with van der Waals surface area (Å²) in [6.45, 7) is 2.11. The predicted octanol–water partition coefficient (Wildman–Crippen LogP) is 3.34. The van der Waals surface area contributed by atoms with E-state index in [4.69, 9.17) is 14.2 Å². The summed E-state index contributed by atoms with van der Waals surface area (Å²) >= 11 is 0. The van der Waals surface area contributed by atoms with Gasteiger partial charge in [0, 0.05) is 36.8 Å². The average Bonchev–Trinajstić information content (AvgIpc) is 3.54. The highest BCUT2D eigenvalue weighted by Gasteiger charge is 2.33. The summed E-state index contributed by atoms with van der Waals surface area (Å²) in [5.74, 6) is 1.24. The molecule has 3 aliphatic rings. The van der Waals surface area contributed by atoms with Crippen molar-refractivity contribution in [2.75, 3.05) is 33.0 Å². The van der Waals surface area contributed by atoms with Crippen LogP contribution in [-0.2, 0) is 4.74 Å². The topological polar surface area (TPSA) is 68.3 Å². The molecular formula is C25H28N2O5. The standard InChI is InChI=1S/C25H28N2O5/c28-24(19-10-11-22-23(14-19)32-17-31-22)26-12-13-30-21(15-26)16-27(20-8-4-5-9-20)25(29)18-6-2-1-3-7-18/h1-3,6-7,10-11,14,20-21H,4-5,8-9,12-13,15-17H2. The largest absolute Gasteiger partial charge is 0.454 e. The lowest BCUT2D eigenvalue weighted by molar-refractivity contribution is -0.0371. The van der Waals surface area contributed by atoms with E-state index in [9.17, 15) is 9.59 Å². The first-order valence-electron chi connectivity index (χ1n) is 11.4. The average molecular weight is 437 g/mol. The Hall–Kier alpha value is -3.06. The van der Waals surface area contributed by atoms with Crippen LogP contribution in [0.5, 0.6) is 11.5 Å². The first-order valence-corrected chi connectivity index (χ1v) is 11.4. The molecule has 5 rings (SSSR count). The number of rotatable bonds is 5. The number of morpholine rings is 1. The highest BCUT2D eigenvalue weighted by atomic mass is 16.7. The first kappa shape index (κ1) is 20.8. The van der Waals surface area contributed by atoms with Crippen LogP contribution in [0.1, 0.15) is 46.4 Å². The number of benzene rings is 2. The minimum Gasteiger partial charge on any atom is -0.454 e. The fourth-order valence-electron chi connectivity index (χ4n) is 4.81. The Morgan fingerprint density at radius 2 is 1.75 bits per heavy atom. The van der Waals surface area contributed by atoms with Crippen molar-refractivity contribution >= 4 is 11.8 Å².